The number of hydrogen-bond acceptors (Lipinski definition) is 5. The van der Waals surface area contributed by atoms with Gasteiger partial charge >= 0.3 is 5.97 Å². The van der Waals surface area contributed by atoms with Gasteiger partial charge in [-0.25, -0.2) is 0 Å². The van der Waals surface area contributed by atoms with Gasteiger partial charge in [-0.05, 0) is 93.0 Å². The maximum absolute atomic E-state index is 11.1. The maximum atomic E-state index is 11.1. The molecule has 1 saturated carbocycles. The van der Waals surface area contributed by atoms with Crippen LogP contribution in [0.5, 0.6) is 11.5 Å². The third-order valence-corrected chi connectivity index (χ3v) is 7.75. The Kier molecular flexibility index (Phi) is 8.08. The number of carboxylic acid groups (broad SMARTS) is 1. The molecule has 192 valence electrons. The Morgan fingerprint density at radius 2 is 1.89 bits per heavy atom. The van der Waals surface area contributed by atoms with Crippen LogP contribution in [-0.2, 0) is 10.2 Å². The zero-order chi connectivity index (χ0) is 25.7. The predicted molar refractivity (Wildman–Crippen MR) is 141 cm³/mol. The lowest BCUT2D eigenvalue weighted by Gasteiger charge is -2.36. The molecule has 2 aromatic rings. The lowest BCUT2D eigenvalue weighted by atomic mass is 9.84. The highest BCUT2D eigenvalue weighted by atomic mass is 16.5. The van der Waals surface area contributed by atoms with E-state index < -0.39 is 11.4 Å². The largest absolute Gasteiger partial charge is 0.497 e. The van der Waals surface area contributed by atoms with Gasteiger partial charge in [0.25, 0.3) is 0 Å². The predicted octanol–water partition coefficient (Wildman–Crippen LogP) is 6.15. The van der Waals surface area contributed by atoms with Crippen LogP contribution >= 0.6 is 0 Å². The van der Waals surface area contributed by atoms with Crippen LogP contribution in [0.1, 0.15) is 69.4 Å². The van der Waals surface area contributed by atoms with Crippen LogP contribution in [0.4, 0.5) is 5.69 Å². The summed E-state index contributed by atoms with van der Waals surface area (Å²) in [6, 6.07) is 16.7. The van der Waals surface area contributed by atoms with Crippen molar-refractivity contribution >= 4 is 11.7 Å². The summed E-state index contributed by atoms with van der Waals surface area (Å²) in [5, 5.41) is 18.8. The van der Waals surface area contributed by atoms with Gasteiger partial charge in [-0.2, -0.15) is 5.26 Å². The fourth-order valence-electron chi connectivity index (χ4n) is 5.33. The number of carboxylic acids is 1. The second kappa shape index (κ2) is 11.2. The minimum absolute atomic E-state index is 0.214. The van der Waals surface area contributed by atoms with Crippen LogP contribution in [0, 0.1) is 23.2 Å². The molecule has 0 bridgehead atoms. The monoisotopic (exact) mass is 490 g/mol. The summed E-state index contributed by atoms with van der Waals surface area (Å²) in [4.78, 5) is 13.5. The van der Waals surface area contributed by atoms with Gasteiger partial charge in [0, 0.05) is 31.3 Å². The average molecular weight is 491 g/mol. The quantitative estimate of drug-likeness (QED) is 0.407. The number of ether oxygens (including phenoxy) is 2. The summed E-state index contributed by atoms with van der Waals surface area (Å²) >= 11 is 0. The molecule has 4 rings (SSSR count). The Bertz CT molecular complexity index is 1090. The third kappa shape index (κ3) is 6.32. The lowest BCUT2D eigenvalue weighted by molar-refractivity contribution is -0.137. The molecular weight excluding hydrogens is 452 g/mol. The number of nitrogens with zero attached hydrogens (tertiary/aromatic N) is 2. The van der Waals surface area contributed by atoms with E-state index in [0.717, 1.165) is 48.7 Å². The molecule has 1 atom stereocenters. The van der Waals surface area contributed by atoms with Gasteiger partial charge in [-0.1, -0.05) is 18.2 Å². The Morgan fingerprint density at radius 3 is 2.53 bits per heavy atom. The smallest absolute Gasteiger partial charge is 0.303 e. The number of nitriles is 1. The second-order valence-corrected chi connectivity index (χ2v) is 10.8. The van der Waals surface area contributed by atoms with E-state index in [0.29, 0.717) is 30.8 Å². The van der Waals surface area contributed by atoms with Crippen molar-refractivity contribution in [2.75, 3.05) is 31.7 Å². The van der Waals surface area contributed by atoms with E-state index in [-0.39, 0.29) is 6.42 Å². The number of anilines is 1. The van der Waals surface area contributed by atoms with Crippen LogP contribution in [-0.4, -0.2) is 37.9 Å². The Morgan fingerprint density at radius 1 is 1.14 bits per heavy atom. The maximum Gasteiger partial charge on any atom is 0.303 e. The Hall–Kier alpha value is -3.20. The molecule has 0 spiro atoms. The first-order valence-corrected chi connectivity index (χ1v) is 13.1. The third-order valence-electron chi connectivity index (χ3n) is 7.75. The van der Waals surface area contributed by atoms with Gasteiger partial charge in [0.05, 0.1) is 25.2 Å². The van der Waals surface area contributed by atoms with Crippen LogP contribution in [0.3, 0.4) is 0 Å². The standard InChI is InChI=1S/C30H38N2O4/c1-30(2,20-31)27-11-9-24(35-3)18-28(27)32-15-13-21(14-16-32)19-36-25-6-4-5-23(17-25)26(22-7-8-22)10-12-29(33)34/h4-6,9,11,17-18,21-22,26H,7-8,10,12-16,19H2,1-3H3,(H,33,34). The Balaban J connectivity index is 1.36. The highest BCUT2D eigenvalue weighted by Gasteiger charge is 2.33. The van der Waals surface area contributed by atoms with E-state index in [2.05, 4.69) is 29.2 Å². The van der Waals surface area contributed by atoms with Crippen molar-refractivity contribution in [2.24, 2.45) is 11.8 Å². The first-order chi connectivity index (χ1) is 17.3. The number of rotatable bonds is 11. The molecule has 2 fully saturated rings. The molecule has 0 radical (unpaired) electrons. The van der Waals surface area contributed by atoms with Gasteiger partial charge < -0.3 is 19.5 Å². The van der Waals surface area contributed by atoms with Crippen molar-refractivity contribution in [1.29, 1.82) is 5.26 Å². The number of carbonyl (C=O) groups is 1. The zero-order valence-electron chi connectivity index (χ0n) is 21.7. The SMILES string of the molecule is COc1ccc(C(C)(C)C#N)c(N2CCC(COc3cccc(C(CCC(=O)O)C4CC4)c3)CC2)c1. The van der Waals surface area contributed by atoms with Crippen LogP contribution in [0.25, 0.3) is 0 Å². The van der Waals surface area contributed by atoms with Crippen molar-refractivity contribution in [3.63, 3.8) is 0 Å². The molecule has 2 aliphatic rings. The lowest BCUT2D eigenvalue weighted by Crippen LogP contribution is -2.37. The molecule has 0 amide bonds. The first-order valence-electron chi connectivity index (χ1n) is 13.1. The van der Waals surface area contributed by atoms with Crippen molar-refractivity contribution < 1.29 is 19.4 Å². The number of piperidine rings is 1. The molecule has 6 nitrogen and oxygen atoms in total. The highest BCUT2D eigenvalue weighted by molar-refractivity contribution is 5.66. The number of benzene rings is 2. The molecule has 1 saturated heterocycles. The summed E-state index contributed by atoms with van der Waals surface area (Å²) in [6.45, 7) is 6.42. The summed E-state index contributed by atoms with van der Waals surface area (Å²) < 4.78 is 11.7. The van der Waals surface area contributed by atoms with Gasteiger partial charge in [0.15, 0.2) is 0 Å². The molecule has 36 heavy (non-hydrogen) atoms. The van der Waals surface area contributed by atoms with Crippen LogP contribution < -0.4 is 14.4 Å². The van der Waals surface area contributed by atoms with E-state index in [4.69, 9.17) is 14.6 Å². The molecule has 1 unspecified atom stereocenters. The molecule has 1 heterocycles. The van der Waals surface area contributed by atoms with E-state index in [9.17, 15) is 10.1 Å². The molecule has 2 aromatic carbocycles. The minimum atomic E-state index is -0.725. The van der Waals surface area contributed by atoms with E-state index in [1.165, 1.54) is 18.4 Å². The summed E-state index contributed by atoms with van der Waals surface area (Å²) in [5.74, 6) is 2.34. The first kappa shape index (κ1) is 25.9. The summed E-state index contributed by atoms with van der Waals surface area (Å²) in [5.41, 5.74) is 2.75. The molecule has 1 aliphatic heterocycles. The van der Waals surface area contributed by atoms with Gasteiger partial charge in [0.2, 0.25) is 0 Å². The molecule has 6 heteroatoms. The number of hydrogen-bond donors (Lipinski definition) is 1. The van der Waals surface area contributed by atoms with Crippen LogP contribution in [0.15, 0.2) is 42.5 Å². The van der Waals surface area contributed by atoms with Gasteiger partial charge in [-0.3, -0.25) is 4.79 Å². The Labute approximate surface area is 214 Å². The second-order valence-electron chi connectivity index (χ2n) is 10.8. The van der Waals surface area contributed by atoms with Gasteiger partial charge in [-0.15, -0.1) is 0 Å². The van der Waals surface area contributed by atoms with Crippen molar-refractivity contribution in [1.82, 2.24) is 0 Å². The van der Waals surface area contributed by atoms with E-state index in [1.807, 2.05) is 38.1 Å². The molecule has 0 aromatic heterocycles. The van der Waals surface area contributed by atoms with Crippen molar-refractivity contribution in [3.8, 4) is 17.6 Å². The minimum Gasteiger partial charge on any atom is -0.497 e. The molecule has 1 aliphatic carbocycles. The summed E-state index contributed by atoms with van der Waals surface area (Å²) in [6.07, 6.45) is 5.32. The normalized spacial score (nSPS) is 17.3. The van der Waals surface area contributed by atoms with Crippen LogP contribution in [0.2, 0.25) is 0 Å². The number of methoxy groups -OCH3 is 1. The van der Waals surface area contributed by atoms with Gasteiger partial charge in [0.1, 0.15) is 11.5 Å². The van der Waals surface area contributed by atoms with E-state index >= 15 is 0 Å². The topological polar surface area (TPSA) is 82.8 Å². The fourth-order valence-corrected chi connectivity index (χ4v) is 5.33. The summed E-state index contributed by atoms with van der Waals surface area (Å²) in [7, 11) is 1.67. The number of aliphatic carboxylic acids is 1. The molecule has 1 N–H and O–H groups in total. The highest BCUT2D eigenvalue weighted by Crippen LogP contribution is 2.45. The molecular formula is C30H38N2O4. The van der Waals surface area contributed by atoms with Crippen molar-refractivity contribution in [2.45, 2.75) is 63.7 Å². The fraction of sp³-hybridized carbons (Fsp3) is 0.533. The van der Waals surface area contributed by atoms with Crippen molar-refractivity contribution in [3.05, 3.63) is 53.6 Å². The average Bonchev–Trinajstić information content (AvgIpc) is 3.73. The van der Waals surface area contributed by atoms with E-state index in [1.54, 1.807) is 7.11 Å². The zero-order valence-corrected chi connectivity index (χ0v) is 21.7.